The average molecular weight is 436 g/mol. The van der Waals surface area contributed by atoms with Crippen molar-refractivity contribution < 1.29 is 14.2 Å². The summed E-state index contributed by atoms with van der Waals surface area (Å²) in [5.41, 5.74) is 3.03. The van der Waals surface area contributed by atoms with Crippen molar-refractivity contribution in [1.82, 2.24) is 9.80 Å². The molecule has 0 N–H and O–H groups in total. The van der Waals surface area contributed by atoms with Gasteiger partial charge in [0, 0.05) is 38.8 Å². The van der Waals surface area contributed by atoms with E-state index in [9.17, 15) is 0 Å². The minimum Gasteiger partial charge on any atom is -0.492 e. The van der Waals surface area contributed by atoms with Gasteiger partial charge in [-0.25, -0.2) is 0 Å². The van der Waals surface area contributed by atoms with E-state index in [4.69, 9.17) is 19.5 Å². The maximum atomic E-state index is 8.89. The van der Waals surface area contributed by atoms with Gasteiger partial charge in [-0.15, -0.1) is 0 Å². The van der Waals surface area contributed by atoms with Gasteiger partial charge < -0.3 is 14.2 Å². The first kappa shape index (κ1) is 22.6. The molecule has 0 aromatic heterocycles. The Bertz CT molecular complexity index is 906. The van der Waals surface area contributed by atoms with Gasteiger partial charge in [0.05, 0.1) is 23.8 Å². The maximum absolute atomic E-state index is 8.89. The van der Waals surface area contributed by atoms with E-state index in [0.29, 0.717) is 24.8 Å². The summed E-state index contributed by atoms with van der Waals surface area (Å²) in [7, 11) is 0. The molecule has 0 saturated carbocycles. The number of para-hydroxylation sites is 1. The normalized spacial score (nSPS) is 22.2. The molecule has 3 atom stereocenters. The van der Waals surface area contributed by atoms with Crippen molar-refractivity contribution in [3.63, 3.8) is 0 Å². The lowest BCUT2D eigenvalue weighted by Gasteiger charge is -2.47. The predicted octanol–water partition coefficient (Wildman–Crippen LogP) is 3.41. The van der Waals surface area contributed by atoms with Crippen molar-refractivity contribution in [2.45, 2.75) is 39.0 Å². The molecule has 32 heavy (non-hydrogen) atoms. The van der Waals surface area contributed by atoms with Crippen LogP contribution in [-0.4, -0.2) is 74.0 Å². The first-order valence-corrected chi connectivity index (χ1v) is 11.5. The van der Waals surface area contributed by atoms with Crippen LogP contribution in [0.3, 0.4) is 0 Å². The molecule has 2 fully saturated rings. The number of hydrogen-bond acceptors (Lipinski definition) is 6. The number of benzene rings is 2. The molecule has 0 amide bonds. The quantitative estimate of drug-likeness (QED) is 0.633. The lowest BCUT2D eigenvalue weighted by atomic mass is 10.1. The van der Waals surface area contributed by atoms with Crippen molar-refractivity contribution in [1.29, 1.82) is 5.26 Å². The van der Waals surface area contributed by atoms with E-state index in [1.165, 1.54) is 11.1 Å². The second-order valence-corrected chi connectivity index (χ2v) is 8.96. The third-order valence-electron chi connectivity index (χ3n) is 6.35. The van der Waals surface area contributed by atoms with Crippen LogP contribution in [0.2, 0.25) is 0 Å². The van der Waals surface area contributed by atoms with E-state index in [1.54, 1.807) is 12.1 Å². The molecule has 2 aliphatic rings. The summed E-state index contributed by atoms with van der Waals surface area (Å²) < 4.78 is 18.3. The molecule has 0 radical (unpaired) electrons. The second-order valence-electron chi connectivity index (χ2n) is 8.96. The van der Waals surface area contributed by atoms with Gasteiger partial charge in [0.25, 0.3) is 0 Å². The molecule has 6 heteroatoms. The molecule has 2 bridgehead atoms. The number of hydrogen-bond donors (Lipinski definition) is 0. The van der Waals surface area contributed by atoms with Gasteiger partial charge in [0.2, 0.25) is 0 Å². The lowest BCUT2D eigenvalue weighted by Crippen LogP contribution is -2.61. The van der Waals surface area contributed by atoms with Crippen LogP contribution in [-0.2, 0) is 4.74 Å². The summed E-state index contributed by atoms with van der Waals surface area (Å²) in [6.45, 7) is 12.4. The van der Waals surface area contributed by atoms with E-state index >= 15 is 0 Å². The van der Waals surface area contributed by atoms with E-state index in [1.807, 2.05) is 12.1 Å². The average Bonchev–Trinajstić information content (AvgIpc) is 2.78. The second kappa shape index (κ2) is 10.4. The number of rotatable bonds is 8. The Morgan fingerprint density at radius 1 is 1.00 bits per heavy atom. The summed E-state index contributed by atoms with van der Waals surface area (Å²) in [5.74, 6) is 1.82. The van der Waals surface area contributed by atoms with E-state index in [-0.39, 0.29) is 12.2 Å². The number of fused-ring (bicyclic) bond motifs is 2. The third-order valence-corrected chi connectivity index (χ3v) is 6.35. The fourth-order valence-corrected chi connectivity index (χ4v) is 4.60. The Balaban J connectivity index is 1.22. The molecular weight excluding hydrogens is 402 g/mol. The minimum atomic E-state index is 0.222. The molecule has 2 aromatic carbocycles. The number of ether oxygens (including phenoxy) is 3. The molecule has 2 heterocycles. The van der Waals surface area contributed by atoms with Crippen LogP contribution in [0.1, 0.15) is 23.6 Å². The van der Waals surface area contributed by atoms with Crippen LogP contribution in [0, 0.1) is 25.2 Å². The summed E-state index contributed by atoms with van der Waals surface area (Å²) in [5, 5.41) is 8.89. The highest BCUT2D eigenvalue weighted by Crippen LogP contribution is 2.24. The van der Waals surface area contributed by atoms with Gasteiger partial charge in [0.1, 0.15) is 24.7 Å². The third kappa shape index (κ3) is 5.60. The number of nitrogens with zero attached hydrogens (tertiary/aromatic N) is 3. The van der Waals surface area contributed by atoms with Crippen LogP contribution < -0.4 is 9.47 Å². The summed E-state index contributed by atoms with van der Waals surface area (Å²) in [4.78, 5) is 4.95. The van der Waals surface area contributed by atoms with Crippen LogP contribution in [0.15, 0.2) is 42.5 Å². The fraction of sp³-hybridized carbons (Fsp3) is 0.500. The molecular formula is C26H33N3O3. The molecule has 2 aliphatic heterocycles. The Morgan fingerprint density at radius 3 is 2.28 bits per heavy atom. The van der Waals surface area contributed by atoms with Crippen molar-refractivity contribution in [3.8, 4) is 17.6 Å². The van der Waals surface area contributed by atoms with Gasteiger partial charge in [-0.2, -0.15) is 5.26 Å². The topological polar surface area (TPSA) is 58.0 Å². The minimum absolute atomic E-state index is 0.222. The SMILES string of the molecule is Cc1cccc(C)c1OCC(C)N1CC2CN(CCOc3ccc(C#N)cc3)CC(C1)O2. The Hall–Kier alpha value is -2.59. The lowest BCUT2D eigenvalue weighted by molar-refractivity contribution is -0.147. The number of aryl methyl sites for hydroxylation is 2. The molecule has 2 saturated heterocycles. The monoisotopic (exact) mass is 435 g/mol. The summed E-state index contributed by atoms with van der Waals surface area (Å²) >= 11 is 0. The van der Waals surface area contributed by atoms with E-state index in [0.717, 1.165) is 44.2 Å². The number of morpholine rings is 2. The first-order valence-electron chi connectivity index (χ1n) is 11.5. The van der Waals surface area contributed by atoms with Crippen molar-refractivity contribution in [2.24, 2.45) is 0 Å². The van der Waals surface area contributed by atoms with Crippen molar-refractivity contribution in [2.75, 3.05) is 45.9 Å². The Labute approximate surface area is 191 Å². The summed E-state index contributed by atoms with van der Waals surface area (Å²) in [6.07, 6.45) is 0.445. The van der Waals surface area contributed by atoms with Gasteiger partial charge in [-0.05, 0) is 56.2 Å². The number of nitriles is 1. The molecule has 0 aliphatic carbocycles. The zero-order valence-electron chi connectivity index (χ0n) is 19.3. The van der Waals surface area contributed by atoms with Gasteiger partial charge in [0.15, 0.2) is 0 Å². The van der Waals surface area contributed by atoms with Crippen molar-refractivity contribution in [3.05, 3.63) is 59.2 Å². The van der Waals surface area contributed by atoms with Crippen molar-refractivity contribution >= 4 is 0 Å². The highest BCUT2D eigenvalue weighted by molar-refractivity contribution is 5.39. The molecule has 170 valence electrons. The maximum Gasteiger partial charge on any atom is 0.125 e. The molecule has 4 rings (SSSR count). The van der Waals surface area contributed by atoms with Gasteiger partial charge in [-0.1, -0.05) is 18.2 Å². The molecule has 0 spiro atoms. The predicted molar refractivity (Wildman–Crippen MR) is 124 cm³/mol. The zero-order valence-corrected chi connectivity index (χ0v) is 19.3. The summed E-state index contributed by atoms with van der Waals surface area (Å²) in [6, 6.07) is 16.0. The smallest absolute Gasteiger partial charge is 0.125 e. The Kier molecular flexibility index (Phi) is 7.31. The highest BCUT2D eigenvalue weighted by Gasteiger charge is 2.36. The standard InChI is InChI=1S/C26H33N3O3/c1-19-5-4-6-20(2)26(19)31-18-21(3)29-16-24-14-28(15-25(17-29)32-24)11-12-30-23-9-7-22(13-27)8-10-23/h4-10,21,24-25H,11-12,14-18H2,1-3H3. The molecule has 2 aromatic rings. The van der Waals surface area contributed by atoms with Gasteiger partial charge >= 0.3 is 0 Å². The Morgan fingerprint density at radius 2 is 1.66 bits per heavy atom. The van der Waals surface area contributed by atoms with Crippen LogP contribution in [0.4, 0.5) is 0 Å². The van der Waals surface area contributed by atoms with Crippen LogP contribution in [0.25, 0.3) is 0 Å². The molecule has 6 nitrogen and oxygen atoms in total. The molecule has 3 unspecified atom stereocenters. The van der Waals surface area contributed by atoms with Crippen LogP contribution in [0.5, 0.6) is 11.5 Å². The van der Waals surface area contributed by atoms with Gasteiger partial charge in [-0.3, -0.25) is 9.80 Å². The van der Waals surface area contributed by atoms with E-state index < -0.39 is 0 Å². The fourth-order valence-electron chi connectivity index (χ4n) is 4.60. The largest absolute Gasteiger partial charge is 0.492 e. The first-order chi connectivity index (χ1) is 15.5. The van der Waals surface area contributed by atoms with Crippen LogP contribution >= 0.6 is 0 Å². The zero-order chi connectivity index (χ0) is 22.5. The highest BCUT2D eigenvalue weighted by atomic mass is 16.5. The van der Waals surface area contributed by atoms with E-state index in [2.05, 4.69) is 54.8 Å².